The monoisotopic (exact) mass is 190 g/mol. The maximum Gasteiger partial charge on any atom is 0.0724 e. The molecule has 0 saturated carbocycles. The summed E-state index contributed by atoms with van der Waals surface area (Å²) in [5.41, 5.74) is 0. The highest BCUT2D eigenvalue weighted by Crippen LogP contribution is 1.80. The zero-order valence-corrected chi connectivity index (χ0v) is 8.73. The Labute approximate surface area is 78.7 Å². The van der Waals surface area contributed by atoms with E-state index in [0.29, 0.717) is 6.04 Å². The van der Waals surface area contributed by atoms with Crippen LogP contribution in [-0.2, 0) is 0 Å². The van der Waals surface area contributed by atoms with Gasteiger partial charge in [0, 0.05) is 12.6 Å². The first kappa shape index (κ1) is 10.8. The maximum absolute atomic E-state index is 4.88. The van der Waals surface area contributed by atoms with Gasteiger partial charge in [0.15, 0.2) is 0 Å². The minimum absolute atomic E-state index is 0.338. The van der Waals surface area contributed by atoms with E-state index in [1.807, 2.05) is 13.8 Å². The smallest absolute Gasteiger partial charge is 0.0724 e. The third-order valence-corrected chi connectivity index (χ3v) is 1.37. The Morgan fingerprint density at radius 3 is 2.18 bits per heavy atom. The van der Waals surface area contributed by atoms with E-state index >= 15 is 0 Å². The first-order chi connectivity index (χ1) is 5.02. The highest BCUT2D eigenvalue weighted by Gasteiger charge is 1.99. The third-order valence-electron chi connectivity index (χ3n) is 1.11. The molecule has 11 heavy (non-hydrogen) atoms. The molecule has 4 heteroatoms. The number of rotatable bonds is 3. The van der Waals surface area contributed by atoms with Crippen LogP contribution in [0.25, 0.3) is 0 Å². The van der Waals surface area contributed by atoms with Crippen molar-refractivity contribution in [3.05, 3.63) is 0 Å². The van der Waals surface area contributed by atoms with Crippen LogP contribution in [-0.4, -0.2) is 22.6 Å². The van der Waals surface area contributed by atoms with Crippen molar-refractivity contribution < 1.29 is 0 Å². The van der Waals surface area contributed by atoms with Gasteiger partial charge >= 0.3 is 0 Å². The van der Waals surface area contributed by atoms with Gasteiger partial charge in [-0.15, -0.1) is 0 Å². The fourth-order valence-electron chi connectivity index (χ4n) is 0.695. The van der Waals surface area contributed by atoms with E-state index in [2.05, 4.69) is 17.6 Å². The Morgan fingerprint density at radius 2 is 1.82 bits per heavy atom. The Kier molecular flexibility index (Phi) is 5.32. The summed E-state index contributed by atoms with van der Waals surface area (Å²) in [6.45, 7) is 6.62. The largest absolute Gasteiger partial charge is 0.378 e. The fourth-order valence-corrected chi connectivity index (χ4v) is 0.979. The molecule has 0 aromatic rings. The van der Waals surface area contributed by atoms with Crippen molar-refractivity contribution in [1.29, 1.82) is 0 Å². The molecule has 2 nitrogen and oxygen atoms in total. The molecule has 0 bridgehead atoms. The lowest BCUT2D eigenvalue weighted by Crippen LogP contribution is -2.39. The number of hydrogen-bond acceptors (Lipinski definition) is 2. The van der Waals surface area contributed by atoms with Crippen LogP contribution >= 0.6 is 24.4 Å². The van der Waals surface area contributed by atoms with Crippen LogP contribution in [0.2, 0.25) is 0 Å². The molecule has 2 N–H and O–H groups in total. The van der Waals surface area contributed by atoms with Gasteiger partial charge in [-0.2, -0.15) is 0 Å². The summed E-state index contributed by atoms with van der Waals surface area (Å²) in [6, 6.07) is 0.338. The summed E-state index contributed by atoms with van der Waals surface area (Å²) in [5.74, 6) is 0. The van der Waals surface area contributed by atoms with Gasteiger partial charge in [0.2, 0.25) is 0 Å². The van der Waals surface area contributed by atoms with Gasteiger partial charge in [0.25, 0.3) is 0 Å². The third kappa shape index (κ3) is 7.68. The van der Waals surface area contributed by atoms with Crippen molar-refractivity contribution in [3.63, 3.8) is 0 Å². The SMILES string of the molecule is CC(=S)NCC(C)NC(C)=S. The van der Waals surface area contributed by atoms with Crippen molar-refractivity contribution in [2.45, 2.75) is 26.8 Å². The second-order valence-electron chi connectivity index (χ2n) is 2.54. The Hall–Kier alpha value is -0.220. The lowest BCUT2D eigenvalue weighted by Gasteiger charge is -2.14. The Morgan fingerprint density at radius 1 is 1.27 bits per heavy atom. The molecule has 64 valence electrons. The topological polar surface area (TPSA) is 24.1 Å². The number of nitrogens with one attached hydrogen (secondary N) is 2. The molecule has 0 heterocycles. The van der Waals surface area contributed by atoms with Gasteiger partial charge in [-0.25, -0.2) is 0 Å². The van der Waals surface area contributed by atoms with Gasteiger partial charge in [0.1, 0.15) is 0 Å². The van der Waals surface area contributed by atoms with Crippen molar-refractivity contribution in [2.75, 3.05) is 6.54 Å². The molecule has 0 amide bonds. The van der Waals surface area contributed by atoms with Gasteiger partial charge in [-0.05, 0) is 20.8 Å². The molecular formula is C7H14N2S2. The Balaban J connectivity index is 3.44. The van der Waals surface area contributed by atoms with Crippen molar-refractivity contribution in [3.8, 4) is 0 Å². The first-order valence-corrected chi connectivity index (χ1v) is 4.35. The predicted molar refractivity (Wildman–Crippen MR) is 57.1 cm³/mol. The zero-order chi connectivity index (χ0) is 8.85. The molecule has 1 unspecified atom stereocenters. The maximum atomic E-state index is 4.88. The molecule has 0 aromatic carbocycles. The van der Waals surface area contributed by atoms with Gasteiger partial charge in [-0.1, -0.05) is 24.4 Å². The average Bonchev–Trinajstić information content (AvgIpc) is 1.82. The van der Waals surface area contributed by atoms with Crippen LogP contribution in [0.3, 0.4) is 0 Å². The standard InChI is InChI=1S/C7H14N2S2/c1-5(9-7(3)11)4-8-6(2)10/h5H,4H2,1-3H3,(H,8,10)(H,9,11). The highest BCUT2D eigenvalue weighted by atomic mass is 32.1. The molecule has 0 aliphatic heterocycles. The minimum atomic E-state index is 0.338. The molecule has 0 rings (SSSR count). The van der Waals surface area contributed by atoms with Crippen molar-refractivity contribution in [2.24, 2.45) is 0 Å². The average molecular weight is 190 g/mol. The summed E-state index contributed by atoms with van der Waals surface area (Å²) in [4.78, 5) is 1.64. The van der Waals surface area contributed by atoms with Crippen LogP contribution in [0.15, 0.2) is 0 Å². The normalized spacial score (nSPS) is 11.9. The Bertz CT molecular complexity index is 157. The zero-order valence-electron chi connectivity index (χ0n) is 7.10. The predicted octanol–water partition coefficient (Wildman–Crippen LogP) is 1.25. The quantitative estimate of drug-likeness (QED) is 0.654. The second kappa shape index (κ2) is 5.43. The molecule has 0 aromatic heterocycles. The molecule has 0 saturated heterocycles. The van der Waals surface area contributed by atoms with E-state index in [1.165, 1.54) is 0 Å². The summed E-state index contributed by atoms with van der Waals surface area (Å²) in [6.07, 6.45) is 0. The van der Waals surface area contributed by atoms with E-state index in [9.17, 15) is 0 Å². The highest BCUT2D eigenvalue weighted by molar-refractivity contribution is 7.80. The van der Waals surface area contributed by atoms with Gasteiger partial charge in [0.05, 0.1) is 9.98 Å². The molecule has 1 atom stereocenters. The minimum Gasteiger partial charge on any atom is -0.378 e. The van der Waals surface area contributed by atoms with Crippen molar-refractivity contribution >= 4 is 34.4 Å². The van der Waals surface area contributed by atoms with Crippen LogP contribution in [0.4, 0.5) is 0 Å². The van der Waals surface area contributed by atoms with E-state index in [1.54, 1.807) is 0 Å². The molecule has 0 radical (unpaired) electrons. The molecule has 0 fully saturated rings. The lowest BCUT2D eigenvalue weighted by atomic mass is 10.3. The number of hydrogen-bond donors (Lipinski definition) is 2. The summed E-state index contributed by atoms with van der Waals surface area (Å²) < 4.78 is 0. The summed E-state index contributed by atoms with van der Waals surface area (Å²) in [5, 5.41) is 6.17. The van der Waals surface area contributed by atoms with E-state index in [0.717, 1.165) is 16.5 Å². The van der Waals surface area contributed by atoms with Crippen LogP contribution in [0.5, 0.6) is 0 Å². The summed E-state index contributed by atoms with van der Waals surface area (Å²) in [7, 11) is 0. The molecular weight excluding hydrogens is 176 g/mol. The molecule has 0 aliphatic rings. The van der Waals surface area contributed by atoms with E-state index < -0.39 is 0 Å². The number of thiocarbonyl (C=S) groups is 2. The van der Waals surface area contributed by atoms with Gasteiger partial charge in [-0.3, -0.25) is 0 Å². The van der Waals surface area contributed by atoms with Crippen LogP contribution in [0, 0.1) is 0 Å². The van der Waals surface area contributed by atoms with Gasteiger partial charge < -0.3 is 10.6 Å². The van der Waals surface area contributed by atoms with E-state index in [4.69, 9.17) is 24.4 Å². The van der Waals surface area contributed by atoms with Crippen LogP contribution in [0.1, 0.15) is 20.8 Å². The second-order valence-corrected chi connectivity index (χ2v) is 3.76. The van der Waals surface area contributed by atoms with E-state index in [-0.39, 0.29) is 0 Å². The molecule has 0 spiro atoms. The fraction of sp³-hybridized carbons (Fsp3) is 0.714. The van der Waals surface area contributed by atoms with Crippen LogP contribution < -0.4 is 10.6 Å². The lowest BCUT2D eigenvalue weighted by molar-refractivity contribution is 0.644. The van der Waals surface area contributed by atoms with Crippen molar-refractivity contribution in [1.82, 2.24) is 10.6 Å². The first-order valence-electron chi connectivity index (χ1n) is 3.54. The molecule has 0 aliphatic carbocycles. The summed E-state index contributed by atoms with van der Waals surface area (Å²) >= 11 is 9.74.